The van der Waals surface area contributed by atoms with Crippen LogP contribution in [-0.4, -0.2) is 23.3 Å². The lowest BCUT2D eigenvalue weighted by molar-refractivity contribution is 0.281. The Bertz CT molecular complexity index is 712. The first-order valence-electron chi connectivity index (χ1n) is 5.79. The Balaban J connectivity index is 2.18. The van der Waals surface area contributed by atoms with Crippen molar-refractivity contribution in [2.24, 2.45) is 7.05 Å². The van der Waals surface area contributed by atoms with E-state index in [1.54, 1.807) is 17.9 Å². The average Bonchev–Trinajstić information content (AvgIpc) is 2.82. The predicted molar refractivity (Wildman–Crippen MR) is 69.6 cm³/mol. The van der Waals surface area contributed by atoms with Gasteiger partial charge >= 0.3 is 0 Å². The topological polar surface area (TPSA) is 84.2 Å². The van der Waals surface area contributed by atoms with E-state index < -0.39 is 20.7 Å². The lowest BCUT2D eigenvalue weighted by Gasteiger charge is -2.07. The van der Waals surface area contributed by atoms with Gasteiger partial charge in [-0.2, -0.15) is 5.10 Å². The van der Waals surface area contributed by atoms with Gasteiger partial charge in [-0.05, 0) is 17.7 Å². The summed E-state index contributed by atoms with van der Waals surface area (Å²) >= 11 is 0. The molecular weight excluding hydrogens is 285 g/mol. The Morgan fingerprint density at radius 3 is 2.70 bits per heavy atom. The summed E-state index contributed by atoms with van der Waals surface area (Å²) in [4.78, 5) is -0.446. The first kappa shape index (κ1) is 14.6. The molecule has 1 heterocycles. The second-order valence-electron chi connectivity index (χ2n) is 4.27. The number of nitrogens with one attached hydrogen (secondary N) is 1. The monoisotopic (exact) mass is 299 g/mol. The number of benzene rings is 1. The maximum atomic E-state index is 13.7. The predicted octanol–water partition coefficient (Wildman–Crippen LogP) is 0.530. The standard InChI is InChI=1S/C12H14FN3O3S/c1-16-7-10(5-14-16)6-15-20(18,19)12-3-2-9(8-17)4-11(12)13/h2-5,7,15,17H,6,8H2,1H3. The van der Waals surface area contributed by atoms with Gasteiger partial charge in [-0.1, -0.05) is 6.07 Å². The summed E-state index contributed by atoms with van der Waals surface area (Å²) in [7, 11) is -2.23. The molecule has 0 unspecified atom stereocenters. The minimum atomic E-state index is -3.95. The molecule has 1 aromatic heterocycles. The largest absolute Gasteiger partial charge is 0.392 e. The number of sulfonamides is 1. The van der Waals surface area contributed by atoms with Crippen molar-refractivity contribution in [1.82, 2.24) is 14.5 Å². The van der Waals surface area contributed by atoms with Gasteiger partial charge in [0.2, 0.25) is 10.0 Å². The maximum absolute atomic E-state index is 13.7. The van der Waals surface area contributed by atoms with Gasteiger partial charge in [-0.25, -0.2) is 17.5 Å². The number of nitrogens with zero attached hydrogens (tertiary/aromatic N) is 2. The molecule has 2 aromatic rings. The highest BCUT2D eigenvalue weighted by Gasteiger charge is 2.19. The highest BCUT2D eigenvalue weighted by atomic mass is 32.2. The van der Waals surface area contributed by atoms with Crippen LogP contribution in [-0.2, 0) is 30.2 Å². The number of aliphatic hydroxyl groups is 1. The lowest BCUT2D eigenvalue weighted by Crippen LogP contribution is -2.24. The molecule has 0 radical (unpaired) electrons. The van der Waals surface area contributed by atoms with Crippen molar-refractivity contribution in [1.29, 1.82) is 0 Å². The highest BCUT2D eigenvalue weighted by Crippen LogP contribution is 2.16. The molecule has 0 amide bonds. The van der Waals surface area contributed by atoms with Crippen LogP contribution >= 0.6 is 0 Å². The molecule has 0 bridgehead atoms. The van der Waals surface area contributed by atoms with E-state index in [-0.39, 0.29) is 13.2 Å². The van der Waals surface area contributed by atoms with Gasteiger partial charge in [0, 0.05) is 25.4 Å². The molecule has 0 fully saturated rings. The van der Waals surface area contributed by atoms with Crippen molar-refractivity contribution in [2.45, 2.75) is 18.0 Å². The zero-order valence-electron chi connectivity index (χ0n) is 10.7. The molecule has 0 saturated carbocycles. The number of aromatic nitrogens is 2. The van der Waals surface area contributed by atoms with Crippen LogP contribution in [0.2, 0.25) is 0 Å². The fraction of sp³-hybridized carbons (Fsp3) is 0.250. The average molecular weight is 299 g/mol. The maximum Gasteiger partial charge on any atom is 0.243 e. The molecule has 2 N–H and O–H groups in total. The Kier molecular flexibility index (Phi) is 4.17. The molecule has 8 heteroatoms. The number of rotatable bonds is 5. The summed E-state index contributed by atoms with van der Waals surface area (Å²) in [6, 6.07) is 3.49. The van der Waals surface area contributed by atoms with E-state index >= 15 is 0 Å². The Labute approximate surface area is 115 Å². The van der Waals surface area contributed by atoms with E-state index in [2.05, 4.69) is 9.82 Å². The molecule has 1 aromatic carbocycles. The van der Waals surface area contributed by atoms with Crippen LogP contribution in [0, 0.1) is 5.82 Å². The summed E-state index contributed by atoms with van der Waals surface area (Å²) in [5.41, 5.74) is 0.983. The highest BCUT2D eigenvalue weighted by molar-refractivity contribution is 7.89. The van der Waals surface area contributed by atoms with Gasteiger partial charge in [0.1, 0.15) is 10.7 Å². The Hall–Kier alpha value is -1.77. The Morgan fingerprint density at radius 1 is 1.40 bits per heavy atom. The summed E-state index contributed by atoms with van der Waals surface area (Å²) in [6.45, 7) is -0.322. The summed E-state index contributed by atoms with van der Waals surface area (Å²) < 4.78 is 41.5. The van der Waals surface area contributed by atoms with E-state index in [1.807, 2.05) is 0 Å². The van der Waals surface area contributed by atoms with Crippen LogP contribution in [0.1, 0.15) is 11.1 Å². The Morgan fingerprint density at radius 2 is 2.15 bits per heavy atom. The zero-order chi connectivity index (χ0) is 14.8. The number of aryl methyl sites for hydroxylation is 1. The second-order valence-corrected chi connectivity index (χ2v) is 6.01. The van der Waals surface area contributed by atoms with E-state index in [0.29, 0.717) is 11.1 Å². The SMILES string of the molecule is Cn1cc(CNS(=O)(=O)c2ccc(CO)cc2F)cn1. The van der Waals surface area contributed by atoms with E-state index in [4.69, 9.17) is 5.11 Å². The third-order valence-corrected chi connectivity index (χ3v) is 4.13. The van der Waals surface area contributed by atoms with Crippen LogP contribution in [0.15, 0.2) is 35.5 Å². The third kappa shape index (κ3) is 3.21. The van der Waals surface area contributed by atoms with Crippen LogP contribution in [0.25, 0.3) is 0 Å². The van der Waals surface area contributed by atoms with Crippen molar-refractivity contribution in [3.05, 3.63) is 47.5 Å². The molecule has 108 valence electrons. The quantitative estimate of drug-likeness (QED) is 0.843. The summed E-state index contributed by atoms with van der Waals surface area (Å²) in [5, 5.41) is 12.8. The molecule has 6 nitrogen and oxygen atoms in total. The molecule has 0 saturated heterocycles. The van der Waals surface area contributed by atoms with E-state index in [9.17, 15) is 12.8 Å². The van der Waals surface area contributed by atoms with Crippen molar-refractivity contribution < 1.29 is 17.9 Å². The van der Waals surface area contributed by atoms with Crippen LogP contribution in [0.3, 0.4) is 0 Å². The summed E-state index contributed by atoms with van der Waals surface area (Å²) in [6.07, 6.45) is 3.18. The van der Waals surface area contributed by atoms with E-state index in [0.717, 1.165) is 12.1 Å². The van der Waals surface area contributed by atoms with E-state index in [1.165, 1.54) is 12.3 Å². The number of aliphatic hydroxyl groups excluding tert-OH is 1. The smallest absolute Gasteiger partial charge is 0.243 e. The lowest BCUT2D eigenvalue weighted by atomic mass is 10.2. The second kappa shape index (κ2) is 5.70. The third-order valence-electron chi connectivity index (χ3n) is 2.69. The number of hydrogen-bond donors (Lipinski definition) is 2. The minimum Gasteiger partial charge on any atom is -0.392 e. The van der Waals surface area contributed by atoms with Crippen molar-refractivity contribution >= 4 is 10.0 Å². The molecule has 2 rings (SSSR count). The van der Waals surface area contributed by atoms with Gasteiger partial charge < -0.3 is 5.11 Å². The van der Waals surface area contributed by atoms with Gasteiger partial charge in [-0.3, -0.25) is 4.68 Å². The zero-order valence-corrected chi connectivity index (χ0v) is 11.6. The first-order chi connectivity index (χ1) is 9.42. The fourth-order valence-corrected chi connectivity index (χ4v) is 2.75. The first-order valence-corrected chi connectivity index (χ1v) is 7.27. The molecule has 0 aliphatic heterocycles. The van der Waals surface area contributed by atoms with Gasteiger partial charge in [0.25, 0.3) is 0 Å². The summed E-state index contributed by atoms with van der Waals surface area (Å²) in [5.74, 6) is -0.893. The molecular formula is C12H14FN3O3S. The van der Waals surface area contributed by atoms with Crippen LogP contribution in [0.4, 0.5) is 4.39 Å². The van der Waals surface area contributed by atoms with Crippen molar-refractivity contribution in [3.8, 4) is 0 Å². The normalized spacial score (nSPS) is 11.8. The van der Waals surface area contributed by atoms with Crippen molar-refractivity contribution in [3.63, 3.8) is 0 Å². The van der Waals surface area contributed by atoms with Gasteiger partial charge in [-0.15, -0.1) is 0 Å². The molecule has 0 aliphatic rings. The van der Waals surface area contributed by atoms with Gasteiger partial charge in [0.05, 0.1) is 12.8 Å². The van der Waals surface area contributed by atoms with Crippen molar-refractivity contribution in [2.75, 3.05) is 0 Å². The minimum absolute atomic E-state index is 0.0252. The van der Waals surface area contributed by atoms with Crippen LogP contribution in [0.5, 0.6) is 0 Å². The molecule has 0 atom stereocenters. The van der Waals surface area contributed by atoms with Crippen LogP contribution < -0.4 is 4.72 Å². The fourth-order valence-electron chi connectivity index (χ4n) is 1.68. The molecule has 0 aliphatic carbocycles. The molecule has 20 heavy (non-hydrogen) atoms. The molecule has 0 spiro atoms. The number of hydrogen-bond acceptors (Lipinski definition) is 4. The number of halogens is 1. The van der Waals surface area contributed by atoms with Gasteiger partial charge in [0.15, 0.2) is 0 Å².